The Bertz CT molecular complexity index is 1390. The zero-order valence-electron chi connectivity index (χ0n) is 21.0. The fourth-order valence-corrected chi connectivity index (χ4v) is 4.97. The molecule has 1 aromatic heterocycles. The molecule has 2 aromatic carbocycles. The normalized spacial score (nSPS) is 19.2. The smallest absolute Gasteiger partial charge is 0.264 e. The van der Waals surface area contributed by atoms with Gasteiger partial charge in [-0.3, -0.25) is 10.1 Å². The van der Waals surface area contributed by atoms with Crippen LogP contribution >= 0.6 is 0 Å². The van der Waals surface area contributed by atoms with Crippen LogP contribution in [0.25, 0.3) is 11.3 Å². The summed E-state index contributed by atoms with van der Waals surface area (Å²) in [6, 6.07) is 13.4. The lowest BCUT2D eigenvalue weighted by Crippen LogP contribution is -2.61. The number of aryl methyl sites for hydroxylation is 2. The molecule has 0 radical (unpaired) electrons. The molecule has 1 amide bonds. The largest absolute Gasteiger partial charge is 0.474 e. The Kier molecular flexibility index (Phi) is 7.01. The minimum Gasteiger partial charge on any atom is -0.474 e. The summed E-state index contributed by atoms with van der Waals surface area (Å²) >= 11 is 0. The Morgan fingerprint density at radius 1 is 1.08 bits per heavy atom. The first-order chi connectivity index (χ1) is 17.0. The molecule has 36 heavy (non-hydrogen) atoms. The molecule has 4 bridgehead atoms. The lowest BCUT2D eigenvalue weighted by atomic mass is 10.00. The van der Waals surface area contributed by atoms with Crippen molar-refractivity contribution in [2.45, 2.75) is 45.2 Å². The standard InChI is InChI=1S/C26H31N5O4S/c1-16(2)14-27-26(5)15-35-22-13-21(23-17(3)8-6-9-18(23)4)28-25(29-22)31-36(33,34)20-11-7-10-19(12-20)24(32)30-26/h6-13,16,27H,14-15H2,1-5H3,(H,30,32)(H,28,29,31). The number of carbonyl (C=O) groups excluding carboxylic acids is 1. The van der Waals surface area contributed by atoms with Crippen molar-refractivity contribution in [3.8, 4) is 17.1 Å². The van der Waals surface area contributed by atoms with Crippen molar-refractivity contribution in [3.05, 3.63) is 65.2 Å². The number of rotatable bonds is 4. The average molecular weight is 510 g/mol. The van der Waals surface area contributed by atoms with Gasteiger partial charge < -0.3 is 10.1 Å². The highest BCUT2D eigenvalue weighted by Crippen LogP contribution is 2.29. The second kappa shape index (κ2) is 9.87. The molecule has 1 unspecified atom stereocenters. The van der Waals surface area contributed by atoms with Crippen molar-refractivity contribution in [2.75, 3.05) is 17.9 Å². The molecule has 2 heterocycles. The van der Waals surface area contributed by atoms with Crippen LogP contribution in [0.2, 0.25) is 0 Å². The maximum Gasteiger partial charge on any atom is 0.264 e. The topological polar surface area (TPSA) is 122 Å². The third-order valence-corrected chi connectivity index (χ3v) is 7.20. The maximum atomic E-state index is 13.2. The molecule has 190 valence electrons. The Hall–Kier alpha value is -3.50. The van der Waals surface area contributed by atoms with Crippen LogP contribution in [0.4, 0.5) is 5.95 Å². The van der Waals surface area contributed by atoms with Crippen molar-refractivity contribution < 1.29 is 17.9 Å². The summed E-state index contributed by atoms with van der Waals surface area (Å²) in [7, 11) is -4.08. The fraction of sp³-hybridized carbons (Fsp3) is 0.346. The van der Waals surface area contributed by atoms with Crippen molar-refractivity contribution in [1.29, 1.82) is 0 Å². The Balaban J connectivity index is 1.86. The van der Waals surface area contributed by atoms with Gasteiger partial charge in [-0.25, -0.2) is 18.1 Å². The molecular formula is C26H31N5O4S. The van der Waals surface area contributed by atoms with Crippen LogP contribution in [-0.4, -0.2) is 43.1 Å². The molecule has 1 aliphatic heterocycles. The number of fused-ring (bicyclic) bond motifs is 4. The van der Waals surface area contributed by atoms with Gasteiger partial charge in [-0.2, -0.15) is 4.98 Å². The summed E-state index contributed by atoms with van der Waals surface area (Å²) in [6.45, 7) is 10.5. The minimum atomic E-state index is -4.08. The van der Waals surface area contributed by atoms with Gasteiger partial charge in [0.15, 0.2) is 0 Å². The Morgan fingerprint density at radius 3 is 2.47 bits per heavy atom. The molecule has 0 saturated carbocycles. The molecule has 3 N–H and O–H groups in total. The summed E-state index contributed by atoms with van der Waals surface area (Å²) in [5, 5.41) is 6.32. The molecule has 1 aliphatic rings. The summed E-state index contributed by atoms with van der Waals surface area (Å²) in [5.41, 5.74) is 2.60. The molecule has 4 rings (SSSR count). The summed E-state index contributed by atoms with van der Waals surface area (Å²) < 4.78 is 34.9. The molecule has 0 fully saturated rings. The van der Waals surface area contributed by atoms with Gasteiger partial charge in [0.05, 0.1) is 10.6 Å². The van der Waals surface area contributed by atoms with E-state index >= 15 is 0 Å². The Labute approximate surface area is 211 Å². The Morgan fingerprint density at radius 2 is 1.78 bits per heavy atom. The highest BCUT2D eigenvalue weighted by atomic mass is 32.2. The zero-order chi connectivity index (χ0) is 26.1. The number of benzene rings is 2. The number of hydrogen-bond donors (Lipinski definition) is 3. The molecule has 1 atom stereocenters. The monoisotopic (exact) mass is 509 g/mol. The third kappa shape index (κ3) is 5.66. The summed E-state index contributed by atoms with van der Waals surface area (Å²) in [6.07, 6.45) is 0. The number of aromatic nitrogens is 2. The second-order valence-corrected chi connectivity index (χ2v) is 11.3. The maximum absolute atomic E-state index is 13.2. The molecule has 9 nitrogen and oxygen atoms in total. The van der Waals surface area contributed by atoms with Gasteiger partial charge in [0.2, 0.25) is 11.8 Å². The van der Waals surface area contributed by atoms with E-state index in [2.05, 4.69) is 39.2 Å². The summed E-state index contributed by atoms with van der Waals surface area (Å²) in [4.78, 5) is 21.9. The highest BCUT2D eigenvalue weighted by molar-refractivity contribution is 7.92. The summed E-state index contributed by atoms with van der Waals surface area (Å²) in [5.74, 6) is -0.0472. The van der Waals surface area contributed by atoms with E-state index in [4.69, 9.17) is 4.74 Å². The van der Waals surface area contributed by atoms with E-state index in [0.717, 1.165) is 16.7 Å². The molecule has 0 spiro atoms. The van der Waals surface area contributed by atoms with E-state index in [1.807, 2.05) is 39.0 Å². The van der Waals surface area contributed by atoms with Crippen LogP contribution in [0.5, 0.6) is 5.88 Å². The molecule has 3 aromatic rings. The van der Waals surface area contributed by atoms with Gasteiger partial charge in [-0.15, -0.1) is 0 Å². The van der Waals surface area contributed by atoms with Crippen molar-refractivity contribution in [1.82, 2.24) is 20.6 Å². The van der Waals surface area contributed by atoms with E-state index in [1.54, 1.807) is 12.1 Å². The SMILES string of the molecule is Cc1cccc(C)c1-c1cc2nc(n1)NS(=O)(=O)c1cccc(c1)C(=O)NC(C)(NCC(C)C)CO2. The number of amides is 1. The van der Waals surface area contributed by atoms with Crippen LogP contribution in [0.1, 0.15) is 42.3 Å². The highest BCUT2D eigenvalue weighted by Gasteiger charge is 2.30. The van der Waals surface area contributed by atoms with Crippen LogP contribution in [0.15, 0.2) is 53.4 Å². The van der Waals surface area contributed by atoms with Crippen LogP contribution in [0.3, 0.4) is 0 Å². The minimum absolute atomic E-state index is 0.0422. The van der Waals surface area contributed by atoms with Gasteiger partial charge >= 0.3 is 0 Å². The van der Waals surface area contributed by atoms with Crippen molar-refractivity contribution >= 4 is 21.9 Å². The molecular weight excluding hydrogens is 478 g/mol. The predicted molar refractivity (Wildman–Crippen MR) is 138 cm³/mol. The van der Waals surface area contributed by atoms with Gasteiger partial charge in [-0.1, -0.05) is 38.1 Å². The number of anilines is 1. The third-order valence-electron chi connectivity index (χ3n) is 5.87. The number of nitrogens with one attached hydrogen (secondary N) is 3. The van der Waals surface area contributed by atoms with E-state index in [9.17, 15) is 13.2 Å². The van der Waals surface area contributed by atoms with E-state index in [-0.39, 0.29) is 28.9 Å². The first-order valence-electron chi connectivity index (χ1n) is 11.7. The number of carbonyl (C=O) groups is 1. The fourth-order valence-electron chi connectivity index (χ4n) is 3.98. The van der Waals surface area contributed by atoms with Crippen LogP contribution in [0, 0.1) is 19.8 Å². The lowest BCUT2D eigenvalue weighted by molar-refractivity contribution is 0.0818. The van der Waals surface area contributed by atoms with Crippen LogP contribution in [-0.2, 0) is 10.0 Å². The van der Waals surface area contributed by atoms with E-state index < -0.39 is 21.6 Å². The molecule has 0 saturated heterocycles. The van der Waals surface area contributed by atoms with E-state index in [0.29, 0.717) is 18.2 Å². The number of nitrogens with zero attached hydrogens (tertiary/aromatic N) is 2. The van der Waals surface area contributed by atoms with Gasteiger partial charge in [0, 0.05) is 17.2 Å². The van der Waals surface area contributed by atoms with Gasteiger partial charge in [-0.05, 0) is 62.6 Å². The van der Waals surface area contributed by atoms with Gasteiger partial charge in [0.25, 0.3) is 15.9 Å². The van der Waals surface area contributed by atoms with Gasteiger partial charge in [0.1, 0.15) is 12.3 Å². The lowest BCUT2D eigenvalue weighted by Gasteiger charge is -2.32. The second-order valence-electron chi connectivity index (χ2n) is 9.66. The number of ether oxygens (including phenoxy) is 1. The quantitative estimate of drug-likeness (QED) is 0.491. The number of hydrogen-bond acceptors (Lipinski definition) is 7. The number of sulfonamides is 1. The van der Waals surface area contributed by atoms with Crippen molar-refractivity contribution in [3.63, 3.8) is 0 Å². The van der Waals surface area contributed by atoms with E-state index in [1.165, 1.54) is 18.2 Å². The van der Waals surface area contributed by atoms with Crippen LogP contribution < -0.4 is 20.1 Å². The first-order valence-corrected chi connectivity index (χ1v) is 13.2. The molecule has 10 heteroatoms. The van der Waals surface area contributed by atoms with Crippen molar-refractivity contribution in [2.24, 2.45) is 5.92 Å². The zero-order valence-corrected chi connectivity index (χ0v) is 21.9. The average Bonchev–Trinajstić information content (AvgIpc) is 2.81. The predicted octanol–water partition coefficient (Wildman–Crippen LogP) is 3.65. The first kappa shape index (κ1) is 25.6. The molecule has 0 aliphatic carbocycles.